The van der Waals surface area contributed by atoms with Crippen molar-refractivity contribution >= 4 is 5.91 Å². The molecule has 2 atom stereocenters. The van der Waals surface area contributed by atoms with E-state index in [-0.39, 0.29) is 23.4 Å². The molecule has 0 spiro atoms. The fourth-order valence-corrected chi connectivity index (χ4v) is 3.34. The Balaban J connectivity index is 1.96. The minimum Gasteiger partial charge on any atom is -0.493 e. The molecule has 152 valence electrons. The Hall–Kier alpha value is -1.96. The van der Waals surface area contributed by atoms with Crippen LogP contribution < -0.4 is 15.2 Å². The topological polar surface area (TPSA) is 64.8 Å². The van der Waals surface area contributed by atoms with Gasteiger partial charge in [0.25, 0.3) is 0 Å². The van der Waals surface area contributed by atoms with Crippen molar-refractivity contribution in [3.63, 3.8) is 0 Å². The number of carbonyl (C=O) groups excluding carboxylic acids is 1. The van der Waals surface area contributed by atoms with Crippen LogP contribution in [0.3, 0.4) is 0 Å². The molecule has 27 heavy (non-hydrogen) atoms. The number of benzene rings is 1. The summed E-state index contributed by atoms with van der Waals surface area (Å²) < 4.78 is 46.8. The molecule has 0 aliphatic carbocycles. The molecule has 0 aromatic heterocycles. The summed E-state index contributed by atoms with van der Waals surface area (Å²) in [6, 6.07) is 4.78. The van der Waals surface area contributed by atoms with E-state index < -0.39 is 12.8 Å². The fourth-order valence-electron chi connectivity index (χ4n) is 3.34. The number of piperidine rings is 1. The van der Waals surface area contributed by atoms with Gasteiger partial charge in [-0.2, -0.15) is 13.2 Å². The molecule has 1 heterocycles. The van der Waals surface area contributed by atoms with E-state index in [2.05, 4.69) is 6.92 Å². The summed E-state index contributed by atoms with van der Waals surface area (Å²) in [5.74, 6) is 0.860. The van der Waals surface area contributed by atoms with E-state index >= 15 is 0 Å². The lowest BCUT2D eigenvalue weighted by Crippen LogP contribution is -2.49. The van der Waals surface area contributed by atoms with Crippen LogP contribution in [0.4, 0.5) is 13.2 Å². The average Bonchev–Trinajstić information content (AvgIpc) is 2.63. The molecule has 1 aromatic carbocycles. The number of amides is 1. The monoisotopic (exact) mass is 388 g/mol. The highest BCUT2D eigenvalue weighted by Crippen LogP contribution is 2.30. The van der Waals surface area contributed by atoms with Crippen molar-refractivity contribution in [1.29, 1.82) is 0 Å². The van der Waals surface area contributed by atoms with Gasteiger partial charge in [0.15, 0.2) is 18.1 Å². The smallest absolute Gasteiger partial charge is 0.422 e. The number of nitrogens with zero attached hydrogens (tertiary/aromatic N) is 1. The lowest BCUT2D eigenvalue weighted by molar-refractivity contribution is -0.153. The van der Waals surface area contributed by atoms with Gasteiger partial charge in [-0.15, -0.1) is 0 Å². The Kier molecular flexibility index (Phi) is 7.35. The number of ether oxygens (including phenoxy) is 2. The number of likely N-dealkylation sites (tertiary alicyclic amines) is 1. The first-order chi connectivity index (χ1) is 12.7. The molecule has 1 saturated heterocycles. The Bertz CT molecular complexity index is 637. The maximum absolute atomic E-state index is 12.6. The van der Waals surface area contributed by atoms with E-state index in [1.807, 2.05) is 4.90 Å². The van der Waals surface area contributed by atoms with Crippen molar-refractivity contribution in [2.75, 3.05) is 26.8 Å². The van der Waals surface area contributed by atoms with Crippen molar-refractivity contribution in [2.45, 2.75) is 44.8 Å². The van der Waals surface area contributed by atoms with Crippen LogP contribution in [0.25, 0.3) is 0 Å². The lowest BCUT2D eigenvalue weighted by atomic mass is 9.92. The van der Waals surface area contributed by atoms with Crippen molar-refractivity contribution in [3.8, 4) is 11.5 Å². The molecule has 0 saturated carbocycles. The highest BCUT2D eigenvalue weighted by molar-refractivity contribution is 5.77. The van der Waals surface area contributed by atoms with Gasteiger partial charge in [-0.1, -0.05) is 13.0 Å². The first-order valence-corrected chi connectivity index (χ1v) is 9.09. The SMILES string of the molecule is COc1cc(CCC(=O)N2CCC(C)CC2CN)ccc1OCC(F)(F)F. The van der Waals surface area contributed by atoms with Gasteiger partial charge in [0.1, 0.15) is 0 Å². The minimum atomic E-state index is -4.42. The lowest BCUT2D eigenvalue weighted by Gasteiger charge is -2.38. The normalized spacial score (nSPS) is 20.4. The van der Waals surface area contributed by atoms with Gasteiger partial charge in [-0.25, -0.2) is 0 Å². The highest BCUT2D eigenvalue weighted by Gasteiger charge is 2.30. The van der Waals surface area contributed by atoms with Crippen LogP contribution in [0.1, 0.15) is 31.7 Å². The Morgan fingerprint density at radius 3 is 2.70 bits per heavy atom. The molecule has 2 rings (SSSR count). The van der Waals surface area contributed by atoms with Gasteiger partial charge >= 0.3 is 6.18 Å². The largest absolute Gasteiger partial charge is 0.493 e. The van der Waals surface area contributed by atoms with E-state index in [1.54, 1.807) is 12.1 Å². The molecule has 1 aliphatic rings. The molecule has 2 unspecified atom stereocenters. The van der Waals surface area contributed by atoms with Crippen molar-refractivity contribution in [1.82, 2.24) is 4.90 Å². The van der Waals surface area contributed by atoms with Crippen LogP contribution in [0, 0.1) is 5.92 Å². The molecule has 1 aliphatic heterocycles. The zero-order chi connectivity index (χ0) is 20.0. The van der Waals surface area contributed by atoms with Crippen LogP contribution in [-0.2, 0) is 11.2 Å². The summed E-state index contributed by atoms with van der Waals surface area (Å²) in [5.41, 5.74) is 6.61. The molecule has 2 N–H and O–H groups in total. The number of halogens is 3. The molecule has 1 amide bonds. The standard InChI is InChI=1S/C19H27F3N2O3/c1-13-7-8-24(15(9-13)11-23)18(25)6-4-14-3-5-16(17(10-14)26-2)27-12-19(20,21)22/h3,5,10,13,15H,4,6-9,11-12,23H2,1-2H3. The third-order valence-corrected chi connectivity index (χ3v) is 4.82. The predicted molar refractivity (Wildman–Crippen MR) is 95.8 cm³/mol. The molecule has 1 fully saturated rings. The summed E-state index contributed by atoms with van der Waals surface area (Å²) in [7, 11) is 1.37. The number of rotatable bonds is 7. The minimum absolute atomic E-state index is 0.0260. The maximum atomic E-state index is 12.6. The third kappa shape index (κ3) is 6.30. The Labute approximate surface area is 157 Å². The number of carbonyl (C=O) groups is 1. The summed E-state index contributed by atoms with van der Waals surface area (Å²) in [6.45, 7) is 1.96. The first kappa shape index (κ1) is 21.3. The quantitative estimate of drug-likeness (QED) is 0.779. The number of aryl methyl sites for hydroxylation is 1. The second kappa shape index (κ2) is 9.30. The van der Waals surface area contributed by atoms with Crippen LogP contribution in [-0.4, -0.2) is 49.8 Å². The van der Waals surface area contributed by atoms with Crippen molar-refractivity contribution in [3.05, 3.63) is 23.8 Å². The summed E-state index contributed by atoms with van der Waals surface area (Å²) in [6.07, 6.45) is -1.74. The van der Waals surface area contributed by atoms with E-state index in [0.29, 0.717) is 25.3 Å². The van der Waals surface area contributed by atoms with Gasteiger partial charge < -0.3 is 20.1 Å². The number of methoxy groups -OCH3 is 1. The maximum Gasteiger partial charge on any atom is 0.422 e. The number of hydrogen-bond donors (Lipinski definition) is 1. The highest BCUT2D eigenvalue weighted by atomic mass is 19.4. The van der Waals surface area contributed by atoms with E-state index in [4.69, 9.17) is 15.2 Å². The van der Waals surface area contributed by atoms with Crippen LogP contribution in [0.5, 0.6) is 11.5 Å². The van der Waals surface area contributed by atoms with Crippen LogP contribution in [0.2, 0.25) is 0 Å². The van der Waals surface area contributed by atoms with Crippen LogP contribution >= 0.6 is 0 Å². The first-order valence-electron chi connectivity index (χ1n) is 9.09. The molecular formula is C19H27F3N2O3. The van der Waals surface area contributed by atoms with Gasteiger partial charge in [0, 0.05) is 25.6 Å². The summed E-state index contributed by atoms with van der Waals surface area (Å²) in [5, 5.41) is 0. The second-order valence-corrected chi connectivity index (χ2v) is 7.00. The van der Waals surface area contributed by atoms with E-state index in [0.717, 1.165) is 24.9 Å². The zero-order valence-corrected chi connectivity index (χ0v) is 15.7. The molecule has 1 aromatic rings. The molecule has 8 heteroatoms. The average molecular weight is 388 g/mol. The third-order valence-electron chi connectivity index (χ3n) is 4.82. The second-order valence-electron chi connectivity index (χ2n) is 7.00. The molecule has 5 nitrogen and oxygen atoms in total. The number of alkyl halides is 3. The van der Waals surface area contributed by atoms with Crippen molar-refractivity contribution in [2.24, 2.45) is 11.7 Å². The van der Waals surface area contributed by atoms with Crippen molar-refractivity contribution < 1.29 is 27.4 Å². The zero-order valence-electron chi connectivity index (χ0n) is 15.7. The molecule has 0 bridgehead atoms. The molecule has 0 radical (unpaired) electrons. The van der Waals surface area contributed by atoms with Gasteiger partial charge in [0.2, 0.25) is 5.91 Å². The molecular weight excluding hydrogens is 361 g/mol. The van der Waals surface area contributed by atoms with Gasteiger partial charge in [-0.05, 0) is 42.9 Å². The summed E-state index contributed by atoms with van der Waals surface area (Å²) >= 11 is 0. The van der Waals surface area contributed by atoms with Gasteiger partial charge in [0.05, 0.1) is 7.11 Å². The Morgan fingerprint density at radius 1 is 1.33 bits per heavy atom. The Morgan fingerprint density at radius 2 is 2.07 bits per heavy atom. The van der Waals surface area contributed by atoms with Gasteiger partial charge in [-0.3, -0.25) is 4.79 Å². The van der Waals surface area contributed by atoms with E-state index in [1.165, 1.54) is 13.2 Å². The number of nitrogens with two attached hydrogens (primary N) is 1. The summed E-state index contributed by atoms with van der Waals surface area (Å²) in [4.78, 5) is 14.4. The van der Waals surface area contributed by atoms with E-state index in [9.17, 15) is 18.0 Å². The number of hydrogen-bond acceptors (Lipinski definition) is 4. The predicted octanol–water partition coefficient (Wildman–Crippen LogP) is 3.15. The van der Waals surface area contributed by atoms with Crippen LogP contribution in [0.15, 0.2) is 18.2 Å². The fraction of sp³-hybridized carbons (Fsp3) is 0.632.